The van der Waals surface area contributed by atoms with Crippen LogP contribution in [0.15, 0.2) is 46.9 Å². The maximum Gasteiger partial charge on any atom is 0.147 e. The van der Waals surface area contributed by atoms with E-state index >= 15 is 0 Å². The van der Waals surface area contributed by atoms with Crippen LogP contribution < -0.4 is 19.7 Å². The zero-order chi connectivity index (χ0) is 24.6. The maximum atomic E-state index is 6.20. The van der Waals surface area contributed by atoms with Crippen LogP contribution in [0.1, 0.15) is 47.9 Å². The minimum atomic E-state index is 0.500. The Morgan fingerprint density at radius 2 is 1.69 bits per heavy atom. The molecule has 2 heterocycles. The summed E-state index contributed by atoms with van der Waals surface area (Å²) >= 11 is 3.75. The number of halogens is 1. The first-order chi connectivity index (χ1) is 16.9. The predicted molar refractivity (Wildman–Crippen MR) is 146 cm³/mol. The van der Waals surface area contributed by atoms with E-state index in [-0.39, 0.29) is 0 Å². The molecule has 0 radical (unpaired) electrons. The van der Waals surface area contributed by atoms with Crippen LogP contribution >= 0.6 is 15.9 Å². The van der Waals surface area contributed by atoms with Gasteiger partial charge in [-0.3, -0.25) is 0 Å². The average Bonchev–Trinajstić information content (AvgIpc) is 3.62. The fraction of sp³-hybridized carbons (Fsp3) is 0.414. The van der Waals surface area contributed by atoms with Gasteiger partial charge in [-0.1, -0.05) is 18.2 Å². The number of pyridine rings is 1. The summed E-state index contributed by atoms with van der Waals surface area (Å²) in [5.41, 5.74) is 6.23. The van der Waals surface area contributed by atoms with E-state index in [1.54, 1.807) is 7.11 Å². The number of anilines is 3. The Bertz CT molecular complexity index is 1210. The summed E-state index contributed by atoms with van der Waals surface area (Å²) < 4.78 is 12.4. The lowest BCUT2D eigenvalue weighted by molar-refractivity contribution is 0.304. The average molecular weight is 537 g/mol. The molecule has 0 amide bonds. The van der Waals surface area contributed by atoms with Crippen molar-refractivity contribution in [2.45, 2.75) is 53.1 Å². The molecular weight excluding hydrogens is 502 g/mol. The molecule has 6 heteroatoms. The van der Waals surface area contributed by atoms with Crippen molar-refractivity contribution < 1.29 is 9.47 Å². The van der Waals surface area contributed by atoms with Crippen molar-refractivity contribution in [2.24, 2.45) is 5.41 Å². The van der Waals surface area contributed by atoms with Crippen LogP contribution in [-0.2, 0) is 6.61 Å². The second-order valence-electron chi connectivity index (χ2n) is 10.1. The van der Waals surface area contributed by atoms with E-state index in [0.29, 0.717) is 12.0 Å². The van der Waals surface area contributed by atoms with Gasteiger partial charge in [-0.25, -0.2) is 4.98 Å². The Morgan fingerprint density at radius 3 is 2.34 bits per heavy atom. The number of hydrogen-bond donors (Lipinski definition) is 1. The second kappa shape index (κ2) is 9.73. The summed E-state index contributed by atoms with van der Waals surface area (Å²) in [5.74, 6) is 3.64. The van der Waals surface area contributed by atoms with Crippen molar-refractivity contribution in [1.82, 2.24) is 4.98 Å². The number of aromatic nitrogens is 1. The fourth-order valence-corrected chi connectivity index (χ4v) is 5.56. The highest BCUT2D eigenvalue weighted by atomic mass is 79.9. The van der Waals surface area contributed by atoms with E-state index in [4.69, 9.17) is 14.5 Å². The Labute approximate surface area is 217 Å². The molecule has 1 aliphatic heterocycles. The molecule has 35 heavy (non-hydrogen) atoms. The van der Waals surface area contributed by atoms with Crippen LogP contribution in [0.2, 0.25) is 0 Å². The molecule has 1 aliphatic carbocycles. The molecule has 0 bridgehead atoms. The third-order valence-electron chi connectivity index (χ3n) is 7.64. The molecule has 1 aromatic heterocycles. The van der Waals surface area contributed by atoms with Gasteiger partial charge >= 0.3 is 0 Å². The van der Waals surface area contributed by atoms with Crippen LogP contribution in [0, 0.1) is 26.2 Å². The molecule has 1 saturated heterocycles. The molecule has 1 N–H and O–H groups in total. The minimum Gasteiger partial charge on any atom is -0.497 e. The monoisotopic (exact) mass is 535 g/mol. The van der Waals surface area contributed by atoms with Gasteiger partial charge < -0.3 is 19.7 Å². The summed E-state index contributed by atoms with van der Waals surface area (Å²) in [7, 11) is 1.68. The third-order valence-corrected chi connectivity index (χ3v) is 8.25. The molecule has 0 atom stereocenters. The predicted octanol–water partition coefficient (Wildman–Crippen LogP) is 7.48. The van der Waals surface area contributed by atoms with E-state index in [2.05, 4.69) is 59.1 Å². The van der Waals surface area contributed by atoms with Crippen molar-refractivity contribution in [2.75, 3.05) is 30.4 Å². The normalized spacial score (nSPS) is 16.3. The first-order valence-corrected chi connectivity index (χ1v) is 13.2. The number of aryl methyl sites for hydroxylation is 2. The molecule has 0 unspecified atom stereocenters. The number of nitrogens with zero attached hydrogens (tertiary/aromatic N) is 2. The molecule has 3 aromatic rings. The van der Waals surface area contributed by atoms with Gasteiger partial charge in [0.05, 0.1) is 11.6 Å². The van der Waals surface area contributed by atoms with E-state index < -0.39 is 0 Å². The highest BCUT2D eigenvalue weighted by Crippen LogP contribution is 2.54. The van der Waals surface area contributed by atoms with E-state index in [0.717, 1.165) is 63.1 Å². The summed E-state index contributed by atoms with van der Waals surface area (Å²) in [4.78, 5) is 7.56. The fourth-order valence-electron chi connectivity index (χ4n) is 5.03. The number of benzene rings is 2. The molecule has 2 aromatic carbocycles. The van der Waals surface area contributed by atoms with Crippen molar-refractivity contribution in [3.05, 3.63) is 69.2 Å². The van der Waals surface area contributed by atoms with Gasteiger partial charge in [0.15, 0.2) is 0 Å². The molecule has 1 spiro atoms. The Morgan fingerprint density at radius 1 is 0.971 bits per heavy atom. The minimum absolute atomic E-state index is 0.500. The van der Waals surface area contributed by atoms with Gasteiger partial charge in [-0.05, 0) is 109 Å². The zero-order valence-electron chi connectivity index (χ0n) is 21.1. The lowest BCUT2D eigenvalue weighted by Gasteiger charge is -2.34. The van der Waals surface area contributed by atoms with Crippen molar-refractivity contribution in [3.63, 3.8) is 0 Å². The van der Waals surface area contributed by atoms with Crippen LogP contribution in [0.5, 0.6) is 11.5 Å². The molecule has 2 aliphatic rings. The summed E-state index contributed by atoms with van der Waals surface area (Å²) in [6.45, 7) is 9.07. The molecular formula is C29H34BrN3O2. The summed E-state index contributed by atoms with van der Waals surface area (Å²) in [6.07, 6.45) is 5.41. The van der Waals surface area contributed by atoms with Crippen LogP contribution in [-0.4, -0.2) is 25.2 Å². The number of rotatable bonds is 7. The number of hydrogen-bond acceptors (Lipinski definition) is 5. The Balaban J connectivity index is 1.35. The molecule has 2 fully saturated rings. The lowest BCUT2D eigenvalue weighted by atomic mass is 9.93. The topological polar surface area (TPSA) is 46.6 Å². The quantitative estimate of drug-likeness (QED) is 0.339. The van der Waals surface area contributed by atoms with Gasteiger partial charge in [0.25, 0.3) is 0 Å². The summed E-state index contributed by atoms with van der Waals surface area (Å²) in [6, 6.07) is 14.3. The summed E-state index contributed by atoms with van der Waals surface area (Å²) in [5, 5.41) is 3.62. The second-order valence-corrected chi connectivity index (χ2v) is 10.9. The largest absolute Gasteiger partial charge is 0.497 e. The van der Waals surface area contributed by atoms with Crippen LogP contribution in [0.3, 0.4) is 0 Å². The standard InChI is InChI=1S/C29H34BrN3O2/c1-19-5-10-25(35-18-22-6-8-23(34-4)9-7-22)21(3)26(19)31-27-24(30)17-20(2)28(32-27)33-15-13-29(11-12-29)14-16-33/h5-10,17H,11-16,18H2,1-4H3,(H,31,32). The van der Waals surface area contributed by atoms with Crippen molar-refractivity contribution in [3.8, 4) is 11.5 Å². The third kappa shape index (κ3) is 5.13. The Kier molecular flexibility index (Phi) is 6.67. The Hall–Kier alpha value is -2.73. The SMILES string of the molecule is COc1ccc(COc2ccc(C)c(Nc3nc(N4CCC5(CC4)CC5)c(C)cc3Br)c2C)cc1. The van der Waals surface area contributed by atoms with Crippen LogP contribution in [0.25, 0.3) is 0 Å². The zero-order valence-corrected chi connectivity index (χ0v) is 22.7. The molecule has 184 valence electrons. The lowest BCUT2D eigenvalue weighted by Crippen LogP contribution is -2.35. The van der Waals surface area contributed by atoms with Gasteiger partial charge in [0.1, 0.15) is 29.7 Å². The number of methoxy groups -OCH3 is 1. The molecule has 5 nitrogen and oxygen atoms in total. The molecule has 5 rings (SSSR count). The van der Waals surface area contributed by atoms with Gasteiger partial charge in [0, 0.05) is 24.3 Å². The molecule has 1 saturated carbocycles. The maximum absolute atomic E-state index is 6.20. The smallest absolute Gasteiger partial charge is 0.147 e. The van der Waals surface area contributed by atoms with Crippen LogP contribution in [0.4, 0.5) is 17.3 Å². The first-order valence-electron chi connectivity index (χ1n) is 12.4. The highest BCUT2D eigenvalue weighted by molar-refractivity contribution is 9.10. The number of piperidine rings is 1. The number of ether oxygens (including phenoxy) is 2. The van der Waals surface area contributed by atoms with E-state index in [1.807, 2.05) is 30.3 Å². The van der Waals surface area contributed by atoms with E-state index in [1.165, 1.54) is 31.2 Å². The van der Waals surface area contributed by atoms with Gasteiger partial charge in [-0.2, -0.15) is 0 Å². The van der Waals surface area contributed by atoms with E-state index in [9.17, 15) is 0 Å². The van der Waals surface area contributed by atoms with Crippen molar-refractivity contribution in [1.29, 1.82) is 0 Å². The van der Waals surface area contributed by atoms with Crippen molar-refractivity contribution >= 4 is 33.3 Å². The van der Waals surface area contributed by atoms with Gasteiger partial charge in [-0.15, -0.1) is 0 Å². The highest BCUT2D eigenvalue weighted by Gasteiger charge is 2.44. The first kappa shape index (κ1) is 24.0. The van der Waals surface area contributed by atoms with Gasteiger partial charge in [0.2, 0.25) is 0 Å². The number of nitrogens with one attached hydrogen (secondary N) is 1.